The highest BCUT2D eigenvalue weighted by atomic mass is 35.5. The van der Waals surface area contributed by atoms with Gasteiger partial charge in [-0.3, -0.25) is 9.59 Å². The third-order valence-electron chi connectivity index (χ3n) is 2.49. The molecule has 1 aromatic rings. The molecule has 0 aliphatic heterocycles. The van der Waals surface area contributed by atoms with Crippen LogP contribution in [-0.2, 0) is 4.79 Å². The predicted molar refractivity (Wildman–Crippen MR) is 72.7 cm³/mol. The molecule has 2 N–H and O–H groups in total. The van der Waals surface area contributed by atoms with Crippen molar-refractivity contribution >= 4 is 46.4 Å². The normalized spacial score (nSPS) is 12.2. The molecule has 0 aliphatic rings. The molecule has 7 heteroatoms. The van der Waals surface area contributed by atoms with E-state index in [1.54, 1.807) is 0 Å². The molecule has 0 fully saturated rings. The van der Waals surface area contributed by atoms with E-state index in [1.165, 1.54) is 6.07 Å². The average Bonchev–Trinajstić information content (AvgIpc) is 2.62. The summed E-state index contributed by atoms with van der Waals surface area (Å²) in [5, 5.41) is 11.4. The van der Waals surface area contributed by atoms with Gasteiger partial charge >= 0.3 is 5.97 Å². The average molecular weight is 310 g/mol. The Morgan fingerprint density at radius 1 is 1.50 bits per heavy atom. The van der Waals surface area contributed by atoms with Gasteiger partial charge in [0.15, 0.2) is 0 Å². The minimum atomic E-state index is -0.868. The number of rotatable bonds is 6. The van der Waals surface area contributed by atoms with E-state index in [1.807, 2.05) is 6.92 Å². The van der Waals surface area contributed by atoms with Gasteiger partial charge in [0.2, 0.25) is 0 Å². The molecular weight excluding hydrogens is 297 g/mol. The van der Waals surface area contributed by atoms with Crippen LogP contribution in [0.1, 0.15) is 30.1 Å². The summed E-state index contributed by atoms with van der Waals surface area (Å²) in [6, 6.07) is 1.50. The van der Waals surface area contributed by atoms with Crippen LogP contribution in [-0.4, -0.2) is 23.5 Å². The molecular formula is C11H13Cl2NO3S. The lowest BCUT2D eigenvalue weighted by molar-refractivity contribution is -0.138. The molecule has 0 radical (unpaired) electrons. The topological polar surface area (TPSA) is 66.4 Å². The van der Waals surface area contributed by atoms with Crippen LogP contribution >= 0.6 is 34.5 Å². The number of amides is 1. The zero-order valence-corrected chi connectivity index (χ0v) is 12.0. The van der Waals surface area contributed by atoms with Gasteiger partial charge in [0, 0.05) is 13.0 Å². The number of halogens is 2. The maximum Gasteiger partial charge on any atom is 0.303 e. The first-order chi connectivity index (χ1) is 8.43. The highest BCUT2D eigenvalue weighted by molar-refractivity contribution is 7.20. The van der Waals surface area contributed by atoms with Crippen molar-refractivity contribution in [3.05, 3.63) is 20.3 Å². The second-order valence-corrected chi connectivity index (χ2v) is 6.11. The fraction of sp³-hybridized carbons (Fsp3) is 0.455. The van der Waals surface area contributed by atoms with Crippen molar-refractivity contribution in [3.63, 3.8) is 0 Å². The van der Waals surface area contributed by atoms with E-state index < -0.39 is 5.97 Å². The Kier molecular flexibility index (Phi) is 5.91. The number of carbonyl (C=O) groups is 2. The van der Waals surface area contributed by atoms with Gasteiger partial charge in [-0.2, -0.15) is 0 Å². The van der Waals surface area contributed by atoms with E-state index in [0.29, 0.717) is 27.2 Å². The maximum absolute atomic E-state index is 11.8. The summed E-state index contributed by atoms with van der Waals surface area (Å²) in [5.74, 6) is -1.28. The third kappa shape index (κ3) is 4.48. The number of thiophene rings is 1. The largest absolute Gasteiger partial charge is 0.481 e. The summed E-state index contributed by atoms with van der Waals surface area (Å²) >= 11 is 12.7. The minimum Gasteiger partial charge on any atom is -0.481 e. The predicted octanol–water partition coefficient (Wildman–Crippen LogP) is 3.29. The van der Waals surface area contributed by atoms with Crippen molar-refractivity contribution in [2.24, 2.45) is 5.92 Å². The van der Waals surface area contributed by atoms with Crippen molar-refractivity contribution < 1.29 is 14.7 Å². The summed E-state index contributed by atoms with van der Waals surface area (Å²) in [7, 11) is 0. The van der Waals surface area contributed by atoms with Gasteiger partial charge in [0.25, 0.3) is 5.91 Å². The number of hydrogen-bond acceptors (Lipinski definition) is 3. The fourth-order valence-electron chi connectivity index (χ4n) is 1.44. The van der Waals surface area contributed by atoms with Crippen LogP contribution in [0.15, 0.2) is 6.07 Å². The molecule has 0 bridgehead atoms. The molecule has 0 aromatic carbocycles. The molecule has 0 saturated heterocycles. The summed E-state index contributed by atoms with van der Waals surface area (Å²) in [4.78, 5) is 22.4. The van der Waals surface area contributed by atoms with Gasteiger partial charge in [0.1, 0.15) is 4.34 Å². The zero-order chi connectivity index (χ0) is 13.7. The number of carboxylic acids is 1. The first kappa shape index (κ1) is 15.3. The molecule has 1 amide bonds. The van der Waals surface area contributed by atoms with Crippen LogP contribution in [0.25, 0.3) is 0 Å². The van der Waals surface area contributed by atoms with Gasteiger partial charge in [-0.25, -0.2) is 0 Å². The summed E-state index contributed by atoms with van der Waals surface area (Å²) in [6.07, 6.45) is 0.722. The Balaban J connectivity index is 2.55. The molecule has 18 heavy (non-hydrogen) atoms. The van der Waals surface area contributed by atoms with Gasteiger partial charge in [0.05, 0.1) is 9.90 Å². The SMILES string of the molecule is CCC(CNC(=O)c1cc(Cl)sc1Cl)CC(=O)O. The monoisotopic (exact) mass is 309 g/mol. The summed E-state index contributed by atoms with van der Waals surface area (Å²) in [6.45, 7) is 2.19. The number of nitrogens with one attached hydrogen (secondary N) is 1. The van der Waals surface area contributed by atoms with E-state index in [0.717, 1.165) is 11.3 Å². The van der Waals surface area contributed by atoms with Crippen molar-refractivity contribution in [3.8, 4) is 0 Å². The lowest BCUT2D eigenvalue weighted by atomic mass is 10.0. The number of aliphatic carboxylic acids is 1. The highest BCUT2D eigenvalue weighted by Crippen LogP contribution is 2.30. The van der Waals surface area contributed by atoms with E-state index in [9.17, 15) is 9.59 Å². The first-order valence-electron chi connectivity index (χ1n) is 5.38. The van der Waals surface area contributed by atoms with Crippen molar-refractivity contribution in [2.45, 2.75) is 19.8 Å². The molecule has 100 valence electrons. The van der Waals surface area contributed by atoms with E-state index in [-0.39, 0.29) is 18.2 Å². The first-order valence-corrected chi connectivity index (χ1v) is 6.96. The van der Waals surface area contributed by atoms with Crippen LogP contribution in [0.2, 0.25) is 8.67 Å². The lowest BCUT2D eigenvalue weighted by Gasteiger charge is -2.13. The molecule has 0 aliphatic carbocycles. The van der Waals surface area contributed by atoms with E-state index in [2.05, 4.69) is 5.32 Å². The van der Waals surface area contributed by atoms with Crippen LogP contribution in [0.3, 0.4) is 0 Å². The van der Waals surface area contributed by atoms with Crippen molar-refractivity contribution in [1.29, 1.82) is 0 Å². The Bertz CT molecular complexity index is 447. The third-order valence-corrected chi connectivity index (χ3v) is 3.98. The number of carboxylic acid groups (broad SMARTS) is 1. The fourth-order valence-corrected chi connectivity index (χ4v) is 2.89. The molecule has 1 rings (SSSR count). The number of hydrogen-bond donors (Lipinski definition) is 2. The summed E-state index contributed by atoms with van der Waals surface area (Å²) < 4.78 is 0.784. The molecule has 1 heterocycles. The van der Waals surface area contributed by atoms with Crippen LogP contribution < -0.4 is 5.32 Å². The smallest absolute Gasteiger partial charge is 0.303 e. The molecule has 4 nitrogen and oxygen atoms in total. The van der Waals surface area contributed by atoms with Crippen LogP contribution in [0.5, 0.6) is 0 Å². The molecule has 0 saturated carbocycles. The molecule has 1 unspecified atom stereocenters. The lowest BCUT2D eigenvalue weighted by Crippen LogP contribution is -2.30. The van der Waals surface area contributed by atoms with Gasteiger partial charge < -0.3 is 10.4 Å². The Morgan fingerprint density at radius 2 is 2.17 bits per heavy atom. The maximum atomic E-state index is 11.8. The molecule has 0 spiro atoms. The highest BCUT2D eigenvalue weighted by Gasteiger charge is 2.16. The molecule has 1 aromatic heterocycles. The summed E-state index contributed by atoms with van der Waals surface area (Å²) in [5.41, 5.74) is 0.330. The minimum absolute atomic E-state index is 0.0366. The second-order valence-electron chi connectivity index (χ2n) is 3.82. The second kappa shape index (κ2) is 6.97. The zero-order valence-electron chi connectivity index (χ0n) is 9.70. The van der Waals surface area contributed by atoms with Gasteiger partial charge in [-0.1, -0.05) is 36.5 Å². The van der Waals surface area contributed by atoms with Crippen LogP contribution in [0, 0.1) is 5.92 Å². The number of carbonyl (C=O) groups excluding carboxylic acids is 1. The Hall–Kier alpha value is -0.780. The van der Waals surface area contributed by atoms with E-state index in [4.69, 9.17) is 28.3 Å². The van der Waals surface area contributed by atoms with Crippen LogP contribution in [0.4, 0.5) is 0 Å². The van der Waals surface area contributed by atoms with E-state index >= 15 is 0 Å². The van der Waals surface area contributed by atoms with Gasteiger partial charge in [-0.05, 0) is 12.0 Å². The molecule has 1 atom stereocenters. The standard InChI is InChI=1S/C11H13Cl2NO3S/c1-2-6(3-9(15)16)5-14-11(17)7-4-8(12)18-10(7)13/h4,6H,2-3,5H2,1H3,(H,14,17)(H,15,16). The quantitative estimate of drug-likeness (QED) is 0.847. The van der Waals surface area contributed by atoms with Crippen molar-refractivity contribution in [1.82, 2.24) is 5.32 Å². The van der Waals surface area contributed by atoms with Gasteiger partial charge in [-0.15, -0.1) is 11.3 Å². The Labute approximate surface area is 119 Å². The Morgan fingerprint density at radius 3 is 2.61 bits per heavy atom. The van der Waals surface area contributed by atoms with Crippen molar-refractivity contribution in [2.75, 3.05) is 6.54 Å².